The molecule has 0 aromatic rings. The monoisotopic (exact) mass is 897 g/mol. The Labute approximate surface area is 399 Å². The molecule has 5 heteroatoms. The van der Waals surface area contributed by atoms with Gasteiger partial charge < -0.3 is 14.2 Å². The molecule has 0 N–H and O–H groups in total. The van der Waals surface area contributed by atoms with E-state index >= 15 is 0 Å². The lowest BCUT2D eigenvalue weighted by atomic mass is 10.1. The molecule has 5 nitrogen and oxygen atoms in total. The van der Waals surface area contributed by atoms with E-state index in [0.717, 1.165) is 51.4 Å². The molecule has 0 amide bonds. The van der Waals surface area contributed by atoms with Crippen LogP contribution in [0.15, 0.2) is 48.6 Å². The van der Waals surface area contributed by atoms with Gasteiger partial charge in [-0.2, -0.15) is 0 Å². The van der Waals surface area contributed by atoms with Gasteiger partial charge in [0.15, 0.2) is 6.10 Å². The van der Waals surface area contributed by atoms with Gasteiger partial charge in [0.25, 0.3) is 0 Å². The van der Waals surface area contributed by atoms with Crippen molar-refractivity contribution in [1.29, 1.82) is 0 Å². The van der Waals surface area contributed by atoms with Crippen LogP contribution >= 0.6 is 0 Å². The number of carbonyl (C=O) groups excluding carboxylic acids is 2. The minimum absolute atomic E-state index is 0.0807. The van der Waals surface area contributed by atoms with E-state index in [2.05, 4.69) is 69.4 Å². The highest BCUT2D eigenvalue weighted by atomic mass is 16.6. The van der Waals surface area contributed by atoms with E-state index in [-0.39, 0.29) is 25.2 Å². The highest BCUT2D eigenvalue weighted by Gasteiger charge is 2.17. The summed E-state index contributed by atoms with van der Waals surface area (Å²) in [5.74, 6) is -0.400. The molecule has 1 unspecified atom stereocenters. The molecule has 0 rings (SSSR count). The molecule has 0 spiro atoms. The Morgan fingerprint density at radius 3 is 1.12 bits per heavy atom. The first-order valence-electron chi connectivity index (χ1n) is 28.2. The Kier molecular flexibility index (Phi) is 53.3. The van der Waals surface area contributed by atoms with Gasteiger partial charge in [-0.05, 0) is 96.3 Å². The van der Waals surface area contributed by atoms with Crippen LogP contribution in [0.2, 0.25) is 0 Å². The van der Waals surface area contributed by atoms with Gasteiger partial charge in [-0.1, -0.05) is 230 Å². The lowest BCUT2D eigenvalue weighted by Crippen LogP contribution is -2.30. The molecule has 0 aliphatic carbocycles. The molecule has 64 heavy (non-hydrogen) atoms. The van der Waals surface area contributed by atoms with E-state index in [1.54, 1.807) is 0 Å². The molecule has 0 aliphatic rings. The highest BCUT2D eigenvalue weighted by molar-refractivity contribution is 5.70. The molecule has 1 atom stereocenters. The SMILES string of the molecule is CCCC/C=C\CCCCCCCCOCC(COC(=O)CCCCCCCCCCC/C=C\CCCCCCCC)OC(=O)CCCCCCCCC/C=C\C/C=C\CCCCC. The second kappa shape index (κ2) is 55.2. The normalized spacial score (nSPS) is 12.5. The van der Waals surface area contributed by atoms with Crippen molar-refractivity contribution in [3.63, 3.8) is 0 Å². The van der Waals surface area contributed by atoms with Crippen molar-refractivity contribution in [2.45, 2.75) is 297 Å². The fraction of sp³-hybridized carbons (Fsp3) is 0.831. The molecule has 0 aromatic carbocycles. The number of unbranched alkanes of at least 4 members (excludes halogenated alkanes) is 33. The zero-order valence-electron chi connectivity index (χ0n) is 43.1. The van der Waals surface area contributed by atoms with Gasteiger partial charge in [0.1, 0.15) is 6.61 Å². The van der Waals surface area contributed by atoms with Gasteiger partial charge in [0, 0.05) is 19.4 Å². The van der Waals surface area contributed by atoms with Gasteiger partial charge in [0.05, 0.1) is 6.61 Å². The third kappa shape index (κ3) is 52.5. The summed E-state index contributed by atoms with van der Waals surface area (Å²) < 4.78 is 17.4. The topological polar surface area (TPSA) is 61.8 Å². The number of hydrogen-bond acceptors (Lipinski definition) is 5. The minimum atomic E-state index is -0.543. The number of esters is 2. The maximum atomic E-state index is 12.8. The molecular weight excluding hydrogens is 789 g/mol. The summed E-state index contributed by atoms with van der Waals surface area (Å²) in [6, 6.07) is 0. The van der Waals surface area contributed by atoms with Crippen LogP contribution in [0.4, 0.5) is 0 Å². The van der Waals surface area contributed by atoms with E-state index in [9.17, 15) is 9.59 Å². The number of rotatable bonds is 52. The van der Waals surface area contributed by atoms with Crippen molar-refractivity contribution in [2.75, 3.05) is 19.8 Å². The van der Waals surface area contributed by atoms with E-state index in [0.29, 0.717) is 19.4 Å². The van der Waals surface area contributed by atoms with Crippen molar-refractivity contribution in [1.82, 2.24) is 0 Å². The standard InChI is InChI=1S/C59H108O5/c1-4-7-10-13-16-19-22-25-27-29-30-32-33-35-37-40-43-46-49-52-58(60)63-56-57(55-62-54-51-48-45-42-39-24-21-18-15-12-9-6-3)64-59(61)53-50-47-44-41-38-36-34-31-28-26-23-20-17-14-11-8-5-2/h15,17-18,20,25-28,57H,4-14,16,19,21-24,29-56H2,1-3H3/b18-15-,20-17-,27-25-,28-26-. The van der Waals surface area contributed by atoms with Crippen molar-refractivity contribution >= 4 is 11.9 Å². The molecule has 0 aliphatic heterocycles. The number of carbonyl (C=O) groups is 2. The summed E-state index contributed by atoms with van der Waals surface area (Å²) in [6.45, 7) is 7.78. The molecule has 0 heterocycles. The maximum absolute atomic E-state index is 12.8. The zero-order valence-corrected chi connectivity index (χ0v) is 43.1. The fourth-order valence-electron chi connectivity index (χ4n) is 8.05. The predicted molar refractivity (Wildman–Crippen MR) is 279 cm³/mol. The van der Waals surface area contributed by atoms with Crippen molar-refractivity contribution in [2.24, 2.45) is 0 Å². The van der Waals surface area contributed by atoms with E-state index in [1.807, 2.05) is 0 Å². The molecule has 0 radical (unpaired) electrons. The van der Waals surface area contributed by atoms with Crippen molar-refractivity contribution in [3.8, 4) is 0 Å². The minimum Gasteiger partial charge on any atom is -0.462 e. The summed E-state index contributed by atoms with van der Waals surface area (Å²) >= 11 is 0. The van der Waals surface area contributed by atoms with E-state index in [4.69, 9.17) is 14.2 Å². The Hall–Kier alpha value is -2.14. The maximum Gasteiger partial charge on any atom is 0.306 e. The Morgan fingerprint density at radius 1 is 0.344 bits per heavy atom. The molecule has 0 bridgehead atoms. The largest absolute Gasteiger partial charge is 0.462 e. The van der Waals surface area contributed by atoms with Gasteiger partial charge in [-0.25, -0.2) is 0 Å². The average molecular weight is 898 g/mol. The zero-order chi connectivity index (χ0) is 46.3. The first-order valence-corrected chi connectivity index (χ1v) is 28.2. The fourth-order valence-corrected chi connectivity index (χ4v) is 8.05. The van der Waals surface area contributed by atoms with Crippen LogP contribution in [0.3, 0.4) is 0 Å². The van der Waals surface area contributed by atoms with Crippen LogP contribution in [-0.2, 0) is 23.8 Å². The lowest BCUT2D eigenvalue weighted by molar-refractivity contribution is -0.163. The quantitative estimate of drug-likeness (QED) is 0.0346. The Balaban J connectivity index is 4.23. The van der Waals surface area contributed by atoms with Crippen LogP contribution < -0.4 is 0 Å². The Bertz CT molecular complexity index is 1060. The van der Waals surface area contributed by atoms with Crippen molar-refractivity contribution < 1.29 is 23.8 Å². The van der Waals surface area contributed by atoms with Crippen LogP contribution in [0.5, 0.6) is 0 Å². The molecule has 0 saturated carbocycles. The predicted octanol–water partition coefficient (Wildman–Crippen LogP) is 19.1. The van der Waals surface area contributed by atoms with E-state index in [1.165, 1.54) is 205 Å². The van der Waals surface area contributed by atoms with Gasteiger partial charge >= 0.3 is 11.9 Å². The summed E-state index contributed by atoms with van der Waals surface area (Å²) in [4.78, 5) is 25.5. The van der Waals surface area contributed by atoms with E-state index < -0.39 is 6.10 Å². The lowest BCUT2D eigenvalue weighted by Gasteiger charge is -2.18. The average Bonchev–Trinajstić information content (AvgIpc) is 3.30. The van der Waals surface area contributed by atoms with Crippen LogP contribution in [-0.4, -0.2) is 37.9 Å². The molecule has 0 fully saturated rings. The van der Waals surface area contributed by atoms with Gasteiger partial charge in [-0.15, -0.1) is 0 Å². The van der Waals surface area contributed by atoms with Crippen molar-refractivity contribution in [3.05, 3.63) is 48.6 Å². The van der Waals surface area contributed by atoms with Crippen LogP contribution in [0.25, 0.3) is 0 Å². The summed E-state index contributed by atoms with van der Waals surface area (Å²) in [6.07, 6.45) is 68.4. The summed E-state index contributed by atoms with van der Waals surface area (Å²) in [7, 11) is 0. The number of ether oxygens (including phenoxy) is 3. The number of hydrogen-bond donors (Lipinski definition) is 0. The third-order valence-corrected chi connectivity index (χ3v) is 12.3. The summed E-state index contributed by atoms with van der Waals surface area (Å²) in [5.41, 5.74) is 0. The second-order valence-corrected chi connectivity index (χ2v) is 18.8. The molecule has 0 saturated heterocycles. The number of allylic oxidation sites excluding steroid dienone is 8. The van der Waals surface area contributed by atoms with Crippen LogP contribution in [0.1, 0.15) is 290 Å². The third-order valence-electron chi connectivity index (χ3n) is 12.3. The second-order valence-electron chi connectivity index (χ2n) is 18.8. The molecule has 374 valence electrons. The Morgan fingerprint density at radius 2 is 0.672 bits per heavy atom. The molecular formula is C59H108O5. The smallest absolute Gasteiger partial charge is 0.306 e. The molecule has 0 aromatic heterocycles. The first kappa shape index (κ1) is 61.9. The summed E-state index contributed by atoms with van der Waals surface area (Å²) in [5, 5.41) is 0. The van der Waals surface area contributed by atoms with Gasteiger partial charge in [-0.3, -0.25) is 9.59 Å². The van der Waals surface area contributed by atoms with Gasteiger partial charge in [0.2, 0.25) is 0 Å². The highest BCUT2D eigenvalue weighted by Crippen LogP contribution is 2.15. The van der Waals surface area contributed by atoms with Crippen LogP contribution in [0, 0.1) is 0 Å². The first-order chi connectivity index (χ1) is 31.6.